The molecule has 2 rings (SSSR count). The summed E-state index contributed by atoms with van der Waals surface area (Å²) < 4.78 is 0. The lowest BCUT2D eigenvalue weighted by molar-refractivity contribution is -0.113. The van der Waals surface area contributed by atoms with Gasteiger partial charge in [0, 0.05) is 21.3 Å². The van der Waals surface area contributed by atoms with Crippen molar-refractivity contribution in [3.63, 3.8) is 0 Å². The van der Waals surface area contributed by atoms with Crippen LogP contribution in [0.25, 0.3) is 0 Å². The molecular weight excluding hydrogens is 292 g/mol. The van der Waals surface area contributed by atoms with E-state index in [0.717, 1.165) is 10.5 Å². The fraction of sp³-hybridized carbons (Fsp3) is 0.133. The van der Waals surface area contributed by atoms with Gasteiger partial charge in [-0.2, -0.15) is 0 Å². The summed E-state index contributed by atoms with van der Waals surface area (Å²) in [6.07, 6.45) is 0. The van der Waals surface area contributed by atoms with Gasteiger partial charge in [-0.25, -0.2) is 0 Å². The normalized spacial score (nSPS) is 10.3. The van der Waals surface area contributed by atoms with Crippen molar-refractivity contribution in [2.75, 3.05) is 16.8 Å². The molecule has 0 saturated heterocycles. The van der Waals surface area contributed by atoms with Crippen molar-refractivity contribution >= 4 is 40.6 Å². The Morgan fingerprint density at radius 3 is 2.75 bits per heavy atom. The fourth-order valence-corrected chi connectivity index (χ4v) is 2.57. The van der Waals surface area contributed by atoms with E-state index in [2.05, 4.69) is 5.32 Å². The first-order chi connectivity index (χ1) is 9.56. The zero-order valence-corrected chi connectivity index (χ0v) is 12.6. The highest BCUT2D eigenvalue weighted by Gasteiger charge is 2.06. The Morgan fingerprint density at radius 1 is 1.30 bits per heavy atom. The second-order valence-electron chi connectivity index (χ2n) is 4.34. The predicted octanol–water partition coefficient (Wildman–Crippen LogP) is 3.96. The number of carbonyl (C=O) groups is 1. The highest BCUT2D eigenvalue weighted by molar-refractivity contribution is 8.00. The number of carbonyl (C=O) groups excluding carboxylic acids is 1. The lowest BCUT2D eigenvalue weighted by atomic mass is 10.2. The number of halogens is 1. The maximum Gasteiger partial charge on any atom is 0.234 e. The van der Waals surface area contributed by atoms with Gasteiger partial charge in [0.2, 0.25) is 5.91 Å². The molecule has 0 atom stereocenters. The number of para-hydroxylation sites is 1. The van der Waals surface area contributed by atoms with Crippen LogP contribution in [0.1, 0.15) is 5.56 Å². The summed E-state index contributed by atoms with van der Waals surface area (Å²) in [6.45, 7) is 1.92. The quantitative estimate of drug-likeness (QED) is 0.664. The molecule has 1 amide bonds. The van der Waals surface area contributed by atoms with Crippen molar-refractivity contribution in [3.05, 3.63) is 53.1 Å². The van der Waals surface area contributed by atoms with Gasteiger partial charge in [-0.15, -0.1) is 11.8 Å². The minimum absolute atomic E-state index is 0.0850. The van der Waals surface area contributed by atoms with Crippen LogP contribution in [0.3, 0.4) is 0 Å². The van der Waals surface area contributed by atoms with Crippen molar-refractivity contribution < 1.29 is 4.79 Å². The Bertz CT molecular complexity index is 631. The number of thioether (sulfide) groups is 1. The van der Waals surface area contributed by atoms with Crippen molar-refractivity contribution in [1.29, 1.82) is 0 Å². The Hall–Kier alpha value is -1.65. The van der Waals surface area contributed by atoms with E-state index in [1.807, 2.05) is 43.3 Å². The van der Waals surface area contributed by atoms with Gasteiger partial charge < -0.3 is 11.1 Å². The van der Waals surface area contributed by atoms with Crippen molar-refractivity contribution in [1.82, 2.24) is 0 Å². The molecule has 0 radical (unpaired) electrons. The summed E-state index contributed by atoms with van der Waals surface area (Å²) in [5, 5.41) is 3.46. The summed E-state index contributed by atoms with van der Waals surface area (Å²) in [5.41, 5.74) is 8.19. The van der Waals surface area contributed by atoms with Gasteiger partial charge in [-0.3, -0.25) is 4.79 Å². The Balaban J connectivity index is 1.93. The first-order valence-corrected chi connectivity index (χ1v) is 7.46. The number of nitrogens with one attached hydrogen (secondary N) is 1. The van der Waals surface area contributed by atoms with Gasteiger partial charge in [-0.1, -0.05) is 29.8 Å². The predicted molar refractivity (Wildman–Crippen MR) is 86.4 cm³/mol. The van der Waals surface area contributed by atoms with Crippen molar-refractivity contribution in [2.24, 2.45) is 0 Å². The minimum atomic E-state index is -0.0850. The summed E-state index contributed by atoms with van der Waals surface area (Å²) >= 11 is 7.43. The number of rotatable bonds is 4. The third-order valence-electron chi connectivity index (χ3n) is 2.73. The molecule has 0 unspecified atom stereocenters. The van der Waals surface area contributed by atoms with Gasteiger partial charge in [0.25, 0.3) is 0 Å². The number of hydrogen-bond acceptors (Lipinski definition) is 3. The van der Waals surface area contributed by atoms with E-state index in [1.54, 1.807) is 6.07 Å². The third-order valence-corrected chi connectivity index (χ3v) is 4.23. The van der Waals surface area contributed by atoms with Crippen LogP contribution in [-0.4, -0.2) is 11.7 Å². The topological polar surface area (TPSA) is 55.1 Å². The van der Waals surface area contributed by atoms with Gasteiger partial charge >= 0.3 is 0 Å². The summed E-state index contributed by atoms with van der Waals surface area (Å²) in [7, 11) is 0. The summed E-state index contributed by atoms with van der Waals surface area (Å²) in [5.74, 6) is 0.220. The largest absolute Gasteiger partial charge is 0.398 e. The number of nitrogen functional groups attached to an aromatic ring is 1. The molecule has 20 heavy (non-hydrogen) atoms. The number of aryl methyl sites for hydroxylation is 1. The van der Waals surface area contributed by atoms with Crippen LogP contribution in [0, 0.1) is 6.92 Å². The van der Waals surface area contributed by atoms with E-state index in [1.165, 1.54) is 11.8 Å². The highest BCUT2D eigenvalue weighted by Crippen LogP contribution is 2.25. The first kappa shape index (κ1) is 14.8. The summed E-state index contributed by atoms with van der Waals surface area (Å²) in [6, 6.07) is 12.9. The average Bonchev–Trinajstić information content (AvgIpc) is 2.42. The van der Waals surface area contributed by atoms with Crippen LogP contribution in [0.5, 0.6) is 0 Å². The molecule has 0 aromatic heterocycles. The Kier molecular flexibility index (Phi) is 4.93. The molecule has 0 aliphatic heterocycles. The number of hydrogen-bond donors (Lipinski definition) is 2. The van der Waals surface area contributed by atoms with E-state index in [-0.39, 0.29) is 5.91 Å². The van der Waals surface area contributed by atoms with Crippen LogP contribution in [0.2, 0.25) is 5.02 Å². The van der Waals surface area contributed by atoms with Gasteiger partial charge in [-0.05, 0) is 36.8 Å². The van der Waals surface area contributed by atoms with Gasteiger partial charge in [0.05, 0.1) is 5.75 Å². The van der Waals surface area contributed by atoms with E-state index in [0.29, 0.717) is 22.2 Å². The third kappa shape index (κ3) is 3.92. The first-order valence-electron chi connectivity index (χ1n) is 6.09. The number of nitrogens with two attached hydrogens (primary N) is 1. The molecule has 0 saturated carbocycles. The molecule has 0 aliphatic rings. The molecule has 5 heteroatoms. The summed E-state index contributed by atoms with van der Waals surface area (Å²) in [4.78, 5) is 12.8. The zero-order valence-electron chi connectivity index (χ0n) is 11.0. The molecule has 0 fully saturated rings. The van der Waals surface area contributed by atoms with E-state index in [9.17, 15) is 4.79 Å². The second-order valence-corrected chi connectivity index (χ2v) is 5.76. The smallest absolute Gasteiger partial charge is 0.234 e. The van der Waals surface area contributed by atoms with Gasteiger partial charge in [0.1, 0.15) is 0 Å². The number of amides is 1. The van der Waals surface area contributed by atoms with Crippen molar-refractivity contribution in [2.45, 2.75) is 11.8 Å². The maximum atomic E-state index is 11.9. The molecule has 2 aromatic carbocycles. The molecule has 0 spiro atoms. The van der Waals surface area contributed by atoms with Crippen LogP contribution in [-0.2, 0) is 4.79 Å². The number of benzene rings is 2. The van der Waals surface area contributed by atoms with Crippen LogP contribution in [0.4, 0.5) is 11.4 Å². The standard InChI is InChI=1S/C15H15ClN2OS/c1-10-6-7-11(8-12(10)16)18-15(19)9-20-14-5-3-2-4-13(14)17/h2-8H,9,17H2,1H3,(H,18,19). The minimum Gasteiger partial charge on any atom is -0.398 e. The van der Waals surface area contributed by atoms with E-state index >= 15 is 0 Å². The van der Waals surface area contributed by atoms with Crippen LogP contribution in [0.15, 0.2) is 47.4 Å². The molecule has 0 heterocycles. The zero-order chi connectivity index (χ0) is 14.5. The molecular formula is C15H15ClN2OS. The highest BCUT2D eigenvalue weighted by atomic mass is 35.5. The van der Waals surface area contributed by atoms with Gasteiger partial charge in [0.15, 0.2) is 0 Å². The Labute approximate surface area is 127 Å². The second kappa shape index (κ2) is 6.68. The maximum absolute atomic E-state index is 11.9. The van der Waals surface area contributed by atoms with Crippen molar-refractivity contribution in [3.8, 4) is 0 Å². The number of anilines is 2. The van der Waals surface area contributed by atoms with E-state index < -0.39 is 0 Å². The molecule has 3 N–H and O–H groups in total. The molecule has 2 aromatic rings. The lowest BCUT2D eigenvalue weighted by Crippen LogP contribution is -2.14. The van der Waals surface area contributed by atoms with Crippen LogP contribution >= 0.6 is 23.4 Å². The Morgan fingerprint density at radius 2 is 2.05 bits per heavy atom. The van der Waals surface area contributed by atoms with Crippen LogP contribution < -0.4 is 11.1 Å². The molecule has 0 aliphatic carbocycles. The SMILES string of the molecule is Cc1ccc(NC(=O)CSc2ccccc2N)cc1Cl. The molecule has 3 nitrogen and oxygen atoms in total. The van der Waals surface area contributed by atoms with E-state index in [4.69, 9.17) is 17.3 Å². The molecule has 104 valence electrons. The molecule has 0 bridgehead atoms. The fourth-order valence-electron chi connectivity index (χ4n) is 1.62. The average molecular weight is 307 g/mol. The monoisotopic (exact) mass is 306 g/mol. The lowest BCUT2D eigenvalue weighted by Gasteiger charge is -2.07.